The molecule has 1 aromatic rings. The molecule has 2 saturated heterocycles. The van der Waals surface area contributed by atoms with E-state index < -0.39 is 0 Å². The first-order valence-corrected chi connectivity index (χ1v) is 11.4. The van der Waals surface area contributed by atoms with Crippen LogP contribution in [0.4, 0.5) is 0 Å². The van der Waals surface area contributed by atoms with Gasteiger partial charge in [-0.15, -0.1) is 0 Å². The van der Waals surface area contributed by atoms with Gasteiger partial charge in [-0.3, -0.25) is 4.90 Å². The van der Waals surface area contributed by atoms with Crippen molar-refractivity contribution >= 4 is 17.7 Å². The van der Waals surface area contributed by atoms with Gasteiger partial charge in [0.2, 0.25) is 0 Å². The highest BCUT2D eigenvalue weighted by molar-refractivity contribution is 8.00. The highest BCUT2D eigenvalue weighted by Gasteiger charge is 2.21. The standard InChI is InChI=1S/C21H34N4OS/c1-3-20-17-25(11-14-27-20)21(22-4-2)23-15-18-7-5-6-8-19(18)16-24-9-12-26-13-10-24/h5-8,20H,3-4,9-17H2,1-2H3,(H,22,23). The molecule has 0 radical (unpaired) electrons. The van der Waals surface area contributed by atoms with Crippen LogP contribution in [0, 0.1) is 0 Å². The summed E-state index contributed by atoms with van der Waals surface area (Å²) in [5.74, 6) is 2.26. The smallest absolute Gasteiger partial charge is 0.194 e. The second-order valence-corrected chi connectivity index (χ2v) is 8.58. The van der Waals surface area contributed by atoms with Crippen molar-refractivity contribution in [1.29, 1.82) is 0 Å². The van der Waals surface area contributed by atoms with Crippen molar-refractivity contribution in [2.24, 2.45) is 4.99 Å². The number of morpholine rings is 1. The van der Waals surface area contributed by atoms with E-state index in [1.807, 2.05) is 0 Å². The molecule has 0 bridgehead atoms. The van der Waals surface area contributed by atoms with Crippen LogP contribution in [0.15, 0.2) is 29.3 Å². The summed E-state index contributed by atoms with van der Waals surface area (Å²) in [5.41, 5.74) is 2.72. The normalized spacial score (nSPS) is 22.1. The molecule has 0 amide bonds. The van der Waals surface area contributed by atoms with E-state index in [-0.39, 0.29) is 0 Å². The summed E-state index contributed by atoms with van der Waals surface area (Å²) in [5, 5.41) is 4.23. The van der Waals surface area contributed by atoms with Crippen LogP contribution in [0.25, 0.3) is 0 Å². The van der Waals surface area contributed by atoms with Crippen LogP contribution in [-0.4, -0.2) is 72.7 Å². The lowest BCUT2D eigenvalue weighted by Crippen LogP contribution is -2.48. The van der Waals surface area contributed by atoms with Gasteiger partial charge in [-0.2, -0.15) is 11.8 Å². The summed E-state index contributed by atoms with van der Waals surface area (Å²) in [6.45, 7) is 13.0. The lowest BCUT2D eigenvalue weighted by molar-refractivity contribution is 0.0341. The molecule has 0 saturated carbocycles. The zero-order valence-corrected chi connectivity index (χ0v) is 17.6. The maximum absolute atomic E-state index is 5.48. The van der Waals surface area contributed by atoms with Gasteiger partial charge < -0.3 is 15.0 Å². The van der Waals surface area contributed by atoms with Gasteiger partial charge >= 0.3 is 0 Å². The Labute approximate surface area is 168 Å². The summed E-state index contributed by atoms with van der Waals surface area (Å²) in [6, 6.07) is 8.74. The number of hydrogen-bond donors (Lipinski definition) is 1. The third kappa shape index (κ3) is 6.13. The lowest BCUT2D eigenvalue weighted by atomic mass is 10.1. The molecular formula is C21H34N4OS. The Bertz CT molecular complexity index is 604. The minimum Gasteiger partial charge on any atom is -0.379 e. The van der Waals surface area contributed by atoms with Crippen molar-refractivity contribution in [2.45, 2.75) is 38.6 Å². The van der Waals surface area contributed by atoms with E-state index in [0.717, 1.165) is 70.2 Å². The Balaban J connectivity index is 1.68. The third-order valence-electron chi connectivity index (χ3n) is 5.24. The highest BCUT2D eigenvalue weighted by Crippen LogP contribution is 2.21. The molecule has 0 spiro atoms. The number of guanidine groups is 1. The minimum atomic E-state index is 0.719. The van der Waals surface area contributed by atoms with Crippen molar-refractivity contribution in [3.05, 3.63) is 35.4 Å². The first-order valence-electron chi connectivity index (χ1n) is 10.3. The molecule has 0 aliphatic carbocycles. The Morgan fingerprint density at radius 1 is 1.19 bits per heavy atom. The summed E-state index contributed by atoms with van der Waals surface area (Å²) >= 11 is 2.10. The fraction of sp³-hybridized carbons (Fsp3) is 0.667. The number of hydrogen-bond acceptors (Lipinski definition) is 4. The van der Waals surface area contributed by atoms with Crippen molar-refractivity contribution in [3.63, 3.8) is 0 Å². The van der Waals surface area contributed by atoms with E-state index in [9.17, 15) is 0 Å². The van der Waals surface area contributed by atoms with E-state index in [4.69, 9.17) is 9.73 Å². The Morgan fingerprint density at radius 2 is 1.96 bits per heavy atom. The van der Waals surface area contributed by atoms with E-state index >= 15 is 0 Å². The van der Waals surface area contributed by atoms with Crippen LogP contribution in [0.2, 0.25) is 0 Å². The number of nitrogens with one attached hydrogen (secondary N) is 1. The maximum Gasteiger partial charge on any atom is 0.194 e. The third-order valence-corrected chi connectivity index (χ3v) is 6.62. The van der Waals surface area contributed by atoms with Crippen LogP contribution < -0.4 is 5.32 Å². The Hall–Kier alpha value is -1.24. The predicted octanol–water partition coefficient (Wildman–Crippen LogP) is 2.81. The minimum absolute atomic E-state index is 0.719. The topological polar surface area (TPSA) is 40.1 Å². The Morgan fingerprint density at radius 3 is 2.70 bits per heavy atom. The number of thioether (sulfide) groups is 1. The van der Waals surface area contributed by atoms with Crippen molar-refractivity contribution < 1.29 is 4.74 Å². The molecule has 0 aromatic heterocycles. The SMILES string of the molecule is CCNC(=NCc1ccccc1CN1CCOCC1)N1CCSC(CC)C1. The molecule has 2 aliphatic rings. The fourth-order valence-corrected chi connectivity index (χ4v) is 4.79. The molecule has 6 heteroatoms. The number of benzene rings is 1. The molecule has 2 fully saturated rings. The van der Waals surface area contributed by atoms with Gasteiger partial charge in [0.25, 0.3) is 0 Å². The van der Waals surface area contributed by atoms with Gasteiger partial charge in [-0.25, -0.2) is 4.99 Å². The largest absolute Gasteiger partial charge is 0.379 e. The number of ether oxygens (including phenoxy) is 1. The van der Waals surface area contributed by atoms with Gasteiger partial charge in [-0.1, -0.05) is 31.2 Å². The average Bonchev–Trinajstić information content (AvgIpc) is 2.73. The van der Waals surface area contributed by atoms with E-state index in [1.54, 1.807) is 0 Å². The molecule has 3 rings (SSSR count). The van der Waals surface area contributed by atoms with Gasteiger partial charge in [-0.05, 0) is 24.5 Å². The molecule has 2 aliphatic heterocycles. The second-order valence-electron chi connectivity index (χ2n) is 7.17. The van der Waals surface area contributed by atoms with Gasteiger partial charge in [0.05, 0.1) is 19.8 Å². The van der Waals surface area contributed by atoms with Gasteiger partial charge in [0.15, 0.2) is 5.96 Å². The predicted molar refractivity (Wildman–Crippen MR) is 115 cm³/mol. The number of nitrogens with zero attached hydrogens (tertiary/aromatic N) is 3. The monoisotopic (exact) mass is 390 g/mol. The van der Waals surface area contributed by atoms with Crippen molar-refractivity contribution in [1.82, 2.24) is 15.1 Å². The molecule has 2 heterocycles. The molecular weight excluding hydrogens is 356 g/mol. The quantitative estimate of drug-likeness (QED) is 0.597. The van der Waals surface area contributed by atoms with Crippen molar-refractivity contribution in [2.75, 3.05) is 51.7 Å². The molecule has 1 N–H and O–H groups in total. The average molecular weight is 391 g/mol. The summed E-state index contributed by atoms with van der Waals surface area (Å²) in [7, 11) is 0. The number of aliphatic imine (C=N–C) groups is 1. The van der Waals surface area contributed by atoms with Crippen LogP contribution in [0.1, 0.15) is 31.4 Å². The zero-order chi connectivity index (χ0) is 18.9. The van der Waals surface area contributed by atoms with Gasteiger partial charge in [0.1, 0.15) is 0 Å². The van der Waals surface area contributed by atoms with Crippen LogP contribution in [-0.2, 0) is 17.8 Å². The summed E-state index contributed by atoms with van der Waals surface area (Å²) < 4.78 is 5.48. The first kappa shape index (κ1) is 20.5. The van der Waals surface area contributed by atoms with E-state index in [0.29, 0.717) is 0 Å². The van der Waals surface area contributed by atoms with Crippen LogP contribution >= 0.6 is 11.8 Å². The molecule has 1 aromatic carbocycles. The van der Waals surface area contributed by atoms with E-state index in [2.05, 4.69) is 65.0 Å². The first-order chi connectivity index (χ1) is 13.3. The second kappa shape index (κ2) is 10.9. The molecule has 5 nitrogen and oxygen atoms in total. The maximum atomic E-state index is 5.48. The number of rotatable bonds is 6. The zero-order valence-electron chi connectivity index (χ0n) is 16.8. The molecule has 150 valence electrons. The fourth-order valence-electron chi connectivity index (χ4n) is 3.61. The molecule has 1 atom stereocenters. The Kier molecular flexibility index (Phi) is 8.30. The summed E-state index contributed by atoms with van der Waals surface area (Å²) in [6.07, 6.45) is 1.23. The lowest BCUT2D eigenvalue weighted by Gasteiger charge is -2.34. The van der Waals surface area contributed by atoms with Crippen molar-refractivity contribution in [3.8, 4) is 0 Å². The summed E-state index contributed by atoms with van der Waals surface area (Å²) in [4.78, 5) is 9.93. The van der Waals surface area contributed by atoms with Crippen LogP contribution in [0.5, 0.6) is 0 Å². The van der Waals surface area contributed by atoms with Crippen LogP contribution in [0.3, 0.4) is 0 Å². The van der Waals surface area contributed by atoms with E-state index in [1.165, 1.54) is 23.3 Å². The van der Waals surface area contributed by atoms with Gasteiger partial charge in [0, 0.05) is 50.3 Å². The molecule has 27 heavy (non-hydrogen) atoms. The highest BCUT2D eigenvalue weighted by atomic mass is 32.2. The molecule has 1 unspecified atom stereocenters.